The van der Waals surface area contributed by atoms with Gasteiger partial charge in [-0.3, -0.25) is 4.98 Å². The third-order valence-corrected chi connectivity index (χ3v) is 2.94. The highest BCUT2D eigenvalue weighted by atomic mass is 35.5. The zero-order valence-corrected chi connectivity index (χ0v) is 10.6. The number of hydrogen-bond acceptors (Lipinski definition) is 4. The molecule has 0 radical (unpaired) electrons. The molecular weight excluding hydrogens is 262 g/mol. The Morgan fingerprint density at radius 1 is 1.32 bits per heavy atom. The van der Waals surface area contributed by atoms with Crippen LogP contribution in [0.5, 0.6) is 0 Å². The molecule has 0 aliphatic rings. The lowest BCUT2D eigenvalue weighted by molar-refractivity contribution is 0.507. The second kappa shape index (κ2) is 4.71. The van der Waals surface area contributed by atoms with Gasteiger partial charge in [0.05, 0.1) is 10.5 Å². The van der Waals surface area contributed by atoms with E-state index in [1.54, 1.807) is 6.20 Å². The van der Waals surface area contributed by atoms with Crippen molar-refractivity contribution in [1.29, 1.82) is 5.26 Å². The molecule has 3 rings (SSSR count). The molecule has 2 heterocycles. The molecule has 0 N–H and O–H groups in total. The van der Waals surface area contributed by atoms with E-state index in [0.717, 1.165) is 16.5 Å². The van der Waals surface area contributed by atoms with Gasteiger partial charge in [-0.1, -0.05) is 17.7 Å². The Hall–Kier alpha value is -2.38. The Morgan fingerprint density at radius 3 is 3.00 bits per heavy atom. The summed E-state index contributed by atoms with van der Waals surface area (Å²) in [5, 5.41) is 10.3. The Kier molecular flexibility index (Phi) is 2.90. The van der Waals surface area contributed by atoms with Gasteiger partial charge >= 0.3 is 0 Å². The van der Waals surface area contributed by atoms with Gasteiger partial charge in [0, 0.05) is 18.0 Å². The van der Waals surface area contributed by atoms with E-state index in [2.05, 4.69) is 9.97 Å². The molecule has 92 valence electrons. The summed E-state index contributed by atoms with van der Waals surface area (Å²) < 4.78 is 5.22. The van der Waals surface area contributed by atoms with Gasteiger partial charge in [-0.2, -0.15) is 5.26 Å². The lowest BCUT2D eigenvalue weighted by atomic mass is 10.1. The molecule has 0 aliphatic heterocycles. The normalized spacial score (nSPS) is 10.5. The number of benzene rings is 1. The maximum Gasteiger partial charge on any atom is 0.199 e. The number of nitriles is 1. The van der Waals surface area contributed by atoms with Gasteiger partial charge in [0.25, 0.3) is 0 Å². The first-order valence-corrected chi connectivity index (χ1v) is 6.01. The monoisotopic (exact) mass is 269 g/mol. The van der Waals surface area contributed by atoms with E-state index in [1.165, 1.54) is 6.26 Å². The number of pyridine rings is 1. The van der Waals surface area contributed by atoms with Crippen molar-refractivity contribution in [2.24, 2.45) is 0 Å². The largest absolute Gasteiger partial charge is 0.447 e. The smallest absolute Gasteiger partial charge is 0.199 e. The average Bonchev–Trinajstić information content (AvgIpc) is 2.86. The lowest BCUT2D eigenvalue weighted by Gasteiger charge is -2.01. The number of aromatic nitrogens is 2. The van der Waals surface area contributed by atoms with Gasteiger partial charge in [0.2, 0.25) is 0 Å². The third-order valence-electron chi connectivity index (χ3n) is 2.73. The highest BCUT2D eigenvalue weighted by Crippen LogP contribution is 2.19. The first-order valence-electron chi connectivity index (χ1n) is 5.63. The molecule has 0 saturated carbocycles. The number of rotatable bonds is 2. The fourth-order valence-electron chi connectivity index (χ4n) is 1.88. The number of nitrogens with zero attached hydrogens (tertiary/aromatic N) is 3. The van der Waals surface area contributed by atoms with E-state index in [1.807, 2.05) is 30.3 Å². The standard InChI is InChI=1S/C14H8ClN3O/c15-11-5-10-3-9(1-2-13(10)17-7-11)4-14-18-12(6-16)8-19-14/h1-3,5,7-8H,4H2. The summed E-state index contributed by atoms with van der Waals surface area (Å²) in [6.45, 7) is 0. The van der Waals surface area contributed by atoms with Crippen molar-refractivity contribution in [3.63, 3.8) is 0 Å². The van der Waals surface area contributed by atoms with E-state index >= 15 is 0 Å². The van der Waals surface area contributed by atoms with Crippen LogP contribution in [0.25, 0.3) is 10.9 Å². The first-order chi connectivity index (χ1) is 9.24. The minimum absolute atomic E-state index is 0.292. The molecule has 1 aromatic carbocycles. The van der Waals surface area contributed by atoms with Crippen LogP contribution in [0.2, 0.25) is 5.02 Å². The third kappa shape index (κ3) is 2.42. The zero-order chi connectivity index (χ0) is 13.2. The molecule has 0 bridgehead atoms. The van der Waals surface area contributed by atoms with Crippen molar-refractivity contribution in [2.45, 2.75) is 6.42 Å². The fourth-order valence-corrected chi connectivity index (χ4v) is 2.05. The van der Waals surface area contributed by atoms with Gasteiger partial charge in [-0.15, -0.1) is 0 Å². The predicted octanol–water partition coefficient (Wildman–Crippen LogP) is 3.34. The molecule has 2 aromatic heterocycles. The first kappa shape index (κ1) is 11.7. The van der Waals surface area contributed by atoms with Crippen molar-refractivity contribution < 1.29 is 4.42 Å². The van der Waals surface area contributed by atoms with Crippen LogP contribution >= 0.6 is 11.6 Å². The number of hydrogen-bond donors (Lipinski definition) is 0. The summed E-state index contributed by atoms with van der Waals surface area (Å²) in [6, 6.07) is 9.68. The Bertz CT molecular complexity index is 789. The van der Waals surface area contributed by atoms with E-state index < -0.39 is 0 Å². The van der Waals surface area contributed by atoms with Crippen LogP contribution in [-0.4, -0.2) is 9.97 Å². The zero-order valence-electron chi connectivity index (χ0n) is 9.80. The minimum Gasteiger partial charge on any atom is -0.447 e. The van der Waals surface area contributed by atoms with Crippen molar-refractivity contribution >= 4 is 22.5 Å². The van der Waals surface area contributed by atoms with Gasteiger partial charge in [-0.25, -0.2) is 4.98 Å². The van der Waals surface area contributed by atoms with Crippen molar-refractivity contribution in [1.82, 2.24) is 9.97 Å². The van der Waals surface area contributed by atoms with Crippen molar-refractivity contribution in [2.75, 3.05) is 0 Å². The molecule has 0 unspecified atom stereocenters. The summed E-state index contributed by atoms with van der Waals surface area (Å²) in [4.78, 5) is 8.28. The van der Waals surface area contributed by atoms with Crippen LogP contribution in [0, 0.1) is 11.3 Å². The molecule has 5 heteroatoms. The molecule has 0 saturated heterocycles. The highest BCUT2D eigenvalue weighted by Gasteiger charge is 2.05. The molecule has 0 spiro atoms. The van der Waals surface area contributed by atoms with Gasteiger partial charge in [0.15, 0.2) is 11.6 Å². The summed E-state index contributed by atoms with van der Waals surface area (Å²) in [6.07, 6.45) is 3.51. The van der Waals surface area contributed by atoms with E-state index in [9.17, 15) is 0 Å². The number of oxazole rings is 1. The molecular formula is C14H8ClN3O. The van der Waals surface area contributed by atoms with E-state index in [0.29, 0.717) is 23.0 Å². The summed E-state index contributed by atoms with van der Waals surface area (Å²) in [7, 11) is 0. The van der Waals surface area contributed by atoms with Gasteiger partial charge in [-0.05, 0) is 23.8 Å². The second-order valence-corrected chi connectivity index (χ2v) is 4.53. The highest BCUT2D eigenvalue weighted by molar-refractivity contribution is 6.31. The van der Waals surface area contributed by atoms with Crippen molar-refractivity contribution in [3.05, 3.63) is 58.9 Å². The van der Waals surface area contributed by atoms with Gasteiger partial charge < -0.3 is 4.42 Å². The molecule has 0 aliphatic carbocycles. The Balaban J connectivity index is 1.94. The van der Waals surface area contributed by atoms with Crippen LogP contribution in [0.1, 0.15) is 17.1 Å². The van der Waals surface area contributed by atoms with Crippen LogP contribution in [0.3, 0.4) is 0 Å². The maximum absolute atomic E-state index is 8.69. The summed E-state index contributed by atoms with van der Waals surface area (Å²) in [5.74, 6) is 0.519. The van der Waals surface area contributed by atoms with Crippen LogP contribution < -0.4 is 0 Å². The van der Waals surface area contributed by atoms with Crippen molar-refractivity contribution in [3.8, 4) is 6.07 Å². The van der Waals surface area contributed by atoms with Gasteiger partial charge in [0.1, 0.15) is 12.3 Å². The topological polar surface area (TPSA) is 62.7 Å². The molecule has 4 nitrogen and oxygen atoms in total. The van der Waals surface area contributed by atoms with E-state index in [4.69, 9.17) is 21.3 Å². The summed E-state index contributed by atoms with van der Waals surface area (Å²) in [5.41, 5.74) is 2.21. The fraction of sp³-hybridized carbons (Fsp3) is 0.0714. The quantitative estimate of drug-likeness (QED) is 0.716. The molecule has 19 heavy (non-hydrogen) atoms. The maximum atomic E-state index is 8.69. The Morgan fingerprint density at radius 2 is 2.21 bits per heavy atom. The van der Waals surface area contributed by atoms with E-state index in [-0.39, 0.29) is 0 Å². The Labute approximate surface area is 114 Å². The minimum atomic E-state index is 0.292. The number of halogens is 1. The predicted molar refractivity (Wildman–Crippen MR) is 70.8 cm³/mol. The van der Waals surface area contributed by atoms with Crippen LogP contribution in [0.4, 0.5) is 0 Å². The average molecular weight is 270 g/mol. The molecule has 3 aromatic rings. The lowest BCUT2D eigenvalue weighted by Crippen LogP contribution is -1.89. The SMILES string of the molecule is N#Cc1coc(Cc2ccc3ncc(Cl)cc3c2)n1. The van der Waals surface area contributed by atoms with Crippen LogP contribution in [0.15, 0.2) is 41.1 Å². The molecule has 0 fully saturated rings. The molecule has 0 amide bonds. The second-order valence-electron chi connectivity index (χ2n) is 4.10. The van der Waals surface area contributed by atoms with Crippen LogP contribution in [-0.2, 0) is 6.42 Å². The number of fused-ring (bicyclic) bond motifs is 1. The molecule has 0 atom stereocenters. The summed E-state index contributed by atoms with van der Waals surface area (Å²) >= 11 is 5.92.